The quantitative estimate of drug-likeness (QED) is 0.411. The SMILES string of the molecule is Cc1ccc(NC(N)=NCc2ccc(N3CCOC(C)C3)nc2)cc1.I. The zero-order valence-corrected chi connectivity index (χ0v) is 17.5. The van der Waals surface area contributed by atoms with Crippen LogP contribution in [0, 0.1) is 6.92 Å². The fraction of sp³-hybridized carbons (Fsp3) is 0.368. The van der Waals surface area contributed by atoms with Gasteiger partial charge in [-0.25, -0.2) is 9.98 Å². The van der Waals surface area contributed by atoms with Crippen LogP contribution in [0.3, 0.4) is 0 Å². The van der Waals surface area contributed by atoms with E-state index in [-0.39, 0.29) is 30.1 Å². The third-order valence-electron chi connectivity index (χ3n) is 4.13. The summed E-state index contributed by atoms with van der Waals surface area (Å²) in [5.74, 6) is 1.38. The van der Waals surface area contributed by atoms with Crippen LogP contribution in [0.25, 0.3) is 0 Å². The first-order valence-electron chi connectivity index (χ1n) is 8.55. The summed E-state index contributed by atoms with van der Waals surface area (Å²) in [5, 5.41) is 3.09. The molecule has 0 amide bonds. The van der Waals surface area contributed by atoms with Crippen molar-refractivity contribution in [3.63, 3.8) is 0 Å². The van der Waals surface area contributed by atoms with Gasteiger partial charge in [0, 0.05) is 25.0 Å². The molecule has 2 aromatic rings. The van der Waals surface area contributed by atoms with Crippen LogP contribution in [-0.2, 0) is 11.3 Å². The maximum atomic E-state index is 5.95. The van der Waals surface area contributed by atoms with E-state index in [1.54, 1.807) is 0 Å². The van der Waals surface area contributed by atoms with Crippen LogP contribution in [0.15, 0.2) is 47.6 Å². The molecule has 0 spiro atoms. The van der Waals surface area contributed by atoms with E-state index in [2.05, 4.69) is 34.0 Å². The molecule has 140 valence electrons. The highest BCUT2D eigenvalue weighted by molar-refractivity contribution is 14.0. The number of benzene rings is 1. The number of aromatic nitrogens is 1. The Morgan fingerprint density at radius 1 is 1.31 bits per heavy atom. The summed E-state index contributed by atoms with van der Waals surface area (Å²) in [6.45, 7) is 7.13. The minimum absolute atomic E-state index is 0. The molecular weight excluding hydrogens is 441 g/mol. The van der Waals surface area contributed by atoms with E-state index in [1.165, 1.54) is 5.56 Å². The smallest absolute Gasteiger partial charge is 0.193 e. The maximum absolute atomic E-state index is 5.95. The van der Waals surface area contributed by atoms with Crippen molar-refractivity contribution in [2.75, 3.05) is 29.9 Å². The second kappa shape index (κ2) is 9.72. The minimum atomic E-state index is 0. The number of guanidine groups is 1. The normalized spacial score (nSPS) is 17.5. The Labute approximate surface area is 171 Å². The second-order valence-corrected chi connectivity index (χ2v) is 6.34. The molecule has 0 saturated carbocycles. The van der Waals surface area contributed by atoms with Crippen molar-refractivity contribution < 1.29 is 4.74 Å². The molecule has 6 nitrogen and oxygen atoms in total. The van der Waals surface area contributed by atoms with Crippen molar-refractivity contribution in [2.45, 2.75) is 26.5 Å². The zero-order valence-electron chi connectivity index (χ0n) is 15.2. The van der Waals surface area contributed by atoms with Crippen molar-refractivity contribution in [2.24, 2.45) is 10.7 Å². The predicted octanol–water partition coefficient (Wildman–Crippen LogP) is 3.16. The van der Waals surface area contributed by atoms with Crippen LogP contribution in [0.5, 0.6) is 0 Å². The Morgan fingerprint density at radius 3 is 2.73 bits per heavy atom. The molecule has 1 fully saturated rings. The number of aryl methyl sites for hydroxylation is 1. The van der Waals surface area contributed by atoms with E-state index >= 15 is 0 Å². The number of anilines is 2. The number of nitrogens with zero attached hydrogens (tertiary/aromatic N) is 3. The number of nitrogens with one attached hydrogen (secondary N) is 1. The first-order chi connectivity index (χ1) is 12.1. The Morgan fingerprint density at radius 2 is 2.08 bits per heavy atom. The molecule has 2 heterocycles. The highest BCUT2D eigenvalue weighted by Crippen LogP contribution is 2.16. The minimum Gasteiger partial charge on any atom is -0.375 e. The summed E-state index contributed by atoms with van der Waals surface area (Å²) in [5.41, 5.74) is 9.12. The van der Waals surface area contributed by atoms with Crippen LogP contribution in [0.1, 0.15) is 18.1 Å². The van der Waals surface area contributed by atoms with Crippen molar-refractivity contribution >= 4 is 41.4 Å². The zero-order chi connectivity index (χ0) is 17.6. The second-order valence-electron chi connectivity index (χ2n) is 6.34. The Hall–Kier alpha value is -1.87. The van der Waals surface area contributed by atoms with Gasteiger partial charge in [-0.2, -0.15) is 0 Å². The first-order valence-corrected chi connectivity index (χ1v) is 8.55. The molecule has 1 aliphatic rings. The molecule has 3 rings (SSSR count). The highest BCUT2D eigenvalue weighted by Gasteiger charge is 2.17. The van der Waals surface area contributed by atoms with Crippen molar-refractivity contribution in [1.82, 2.24) is 4.98 Å². The summed E-state index contributed by atoms with van der Waals surface area (Å²) in [6.07, 6.45) is 2.10. The van der Waals surface area contributed by atoms with Gasteiger partial charge in [0.25, 0.3) is 0 Å². The number of morpholine rings is 1. The third-order valence-corrected chi connectivity index (χ3v) is 4.13. The number of hydrogen-bond donors (Lipinski definition) is 2. The number of pyridine rings is 1. The average Bonchev–Trinajstić information content (AvgIpc) is 2.62. The topological polar surface area (TPSA) is 75.8 Å². The number of nitrogens with two attached hydrogens (primary N) is 1. The standard InChI is InChI=1S/C19H25N5O.HI/c1-14-3-6-17(7-4-14)23-19(20)22-12-16-5-8-18(21-11-16)24-9-10-25-15(2)13-24;/h3-8,11,15H,9-10,12-13H2,1-2H3,(H3,20,22,23);1H. The van der Waals surface area contributed by atoms with E-state index in [0.29, 0.717) is 12.5 Å². The lowest BCUT2D eigenvalue weighted by Gasteiger charge is -2.32. The number of aliphatic imine (C=N–C) groups is 1. The van der Waals surface area contributed by atoms with E-state index < -0.39 is 0 Å². The average molecular weight is 467 g/mol. The lowest BCUT2D eigenvalue weighted by atomic mass is 10.2. The van der Waals surface area contributed by atoms with Gasteiger partial charge in [-0.1, -0.05) is 23.8 Å². The van der Waals surface area contributed by atoms with E-state index in [0.717, 1.165) is 36.8 Å². The number of ether oxygens (including phenoxy) is 1. The molecule has 1 aromatic heterocycles. The van der Waals surface area contributed by atoms with Crippen LogP contribution in [0.4, 0.5) is 11.5 Å². The van der Waals surface area contributed by atoms with Crippen LogP contribution >= 0.6 is 24.0 Å². The molecule has 1 atom stereocenters. The predicted molar refractivity (Wildman–Crippen MR) is 117 cm³/mol. The number of rotatable bonds is 4. The highest BCUT2D eigenvalue weighted by atomic mass is 127. The molecule has 1 aliphatic heterocycles. The summed E-state index contributed by atoms with van der Waals surface area (Å²) in [6, 6.07) is 12.1. The van der Waals surface area contributed by atoms with Gasteiger partial charge in [0.2, 0.25) is 0 Å². The fourth-order valence-corrected chi connectivity index (χ4v) is 2.72. The maximum Gasteiger partial charge on any atom is 0.193 e. The Bertz CT molecular complexity index is 718. The van der Waals surface area contributed by atoms with Gasteiger partial charge in [0.1, 0.15) is 5.82 Å². The van der Waals surface area contributed by atoms with Crippen molar-refractivity contribution in [3.05, 3.63) is 53.7 Å². The fourth-order valence-electron chi connectivity index (χ4n) is 2.72. The van der Waals surface area contributed by atoms with Gasteiger partial charge in [-0.05, 0) is 37.6 Å². The summed E-state index contributed by atoms with van der Waals surface area (Å²) in [7, 11) is 0. The van der Waals surface area contributed by atoms with Crippen LogP contribution < -0.4 is 16.0 Å². The van der Waals surface area contributed by atoms with E-state index in [4.69, 9.17) is 10.5 Å². The Kier molecular flexibility index (Phi) is 7.65. The summed E-state index contributed by atoms with van der Waals surface area (Å²) >= 11 is 0. The van der Waals surface area contributed by atoms with Gasteiger partial charge < -0.3 is 20.7 Å². The molecule has 1 saturated heterocycles. The molecule has 0 bridgehead atoms. The monoisotopic (exact) mass is 467 g/mol. The molecule has 1 aromatic carbocycles. The van der Waals surface area contributed by atoms with Crippen molar-refractivity contribution in [1.29, 1.82) is 0 Å². The number of hydrogen-bond acceptors (Lipinski definition) is 4. The third kappa shape index (κ3) is 5.84. The van der Waals surface area contributed by atoms with Gasteiger partial charge in [-0.15, -0.1) is 24.0 Å². The van der Waals surface area contributed by atoms with Gasteiger partial charge in [0.15, 0.2) is 5.96 Å². The molecule has 0 aliphatic carbocycles. The van der Waals surface area contributed by atoms with Crippen LogP contribution in [0.2, 0.25) is 0 Å². The van der Waals surface area contributed by atoms with Gasteiger partial charge >= 0.3 is 0 Å². The van der Waals surface area contributed by atoms with Gasteiger partial charge in [-0.3, -0.25) is 0 Å². The molecule has 7 heteroatoms. The molecule has 0 radical (unpaired) electrons. The largest absolute Gasteiger partial charge is 0.375 e. The molecular formula is C19H26IN5O. The Balaban J connectivity index is 0.00000243. The molecule has 26 heavy (non-hydrogen) atoms. The van der Waals surface area contributed by atoms with Gasteiger partial charge in [0.05, 0.1) is 19.3 Å². The molecule has 1 unspecified atom stereocenters. The lowest BCUT2D eigenvalue weighted by Crippen LogP contribution is -2.41. The van der Waals surface area contributed by atoms with Crippen molar-refractivity contribution in [3.8, 4) is 0 Å². The summed E-state index contributed by atoms with van der Waals surface area (Å²) < 4.78 is 5.57. The van der Waals surface area contributed by atoms with E-state index in [9.17, 15) is 0 Å². The molecule has 3 N–H and O–H groups in total. The number of halogens is 1. The van der Waals surface area contributed by atoms with Crippen LogP contribution in [-0.4, -0.2) is 36.7 Å². The lowest BCUT2D eigenvalue weighted by molar-refractivity contribution is 0.0529. The summed E-state index contributed by atoms with van der Waals surface area (Å²) in [4.78, 5) is 11.2. The van der Waals surface area contributed by atoms with E-state index in [1.807, 2.05) is 42.6 Å². The first kappa shape index (κ1) is 20.4.